The van der Waals surface area contributed by atoms with Gasteiger partial charge in [0.2, 0.25) is 5.95 Å². The fourth-order valence-corrected chi connectivity index (χ4v) is 1.44. The zero-order valence-electron chi connectivity index (χ0n) is 9.32. The quantitative estimate of drug-likeness (QED) is 0.815. The van der Waals surface area contributed by atoms with Gasteiger partial charge in [0.25, 0.3) is 0 Å². The van der Waals surface area contributed by atoms with Gasteiger partial charge in [0.15, 0.2) is 0 Å². The van der Waals surface area contributed by atoms with E-state index in [2.05, 4.69) is 41.9 Å². The maximum absolute atomic E-state index is 4.29. The highest BCUT2D eigenvalue weighted by atomic mass is 32.2. The highest BCUT2D eigenvalue weighted by Crippen LogP contribution is 2.13. The number of hydrogen-bond donors (Lipinski definition) is 1. The maximum Gasteiger partial charge on any atom is 0.203 e. The molecule has 1 N–H and O–H groups in total. The fraction of sp³-hybridized carbons (Fsp3) is 0.700. The Hall–Kier alpha value is -0.640. The average molecular weight is 213 g/mol. The van der Waals surface area contributed by atoms with Gasteiger partial charge in [-0.2, -0.15) is 11.8 Å². The number of aromatic nitrogens is 2. The number of nitrogens with one attached hydrogen (secondary N) is 1. The van der Waals surface area contributed by atoms with E-state index in [0.717, 1.165) is 12.5 Å². The van der Waals surface area contributed by atoms with Crippen LogP contribution in [0.3, 0.4) is 0 Å². The minimum atomic E-state index is 0.463. The number of nitrogens with zero attached hydrogens (tertiary/aromatic N) is 2. The second-order valence-electron chi connectivity index (χ2n) is 3.68. The molecule has 0 aliphatic carbocycles. The summed E-state index contributed by atoms with van der Waals surface area (Å²) in [5.74, 6) is 0.973. The highest BCUT2D eigenvalue weighted by molar-refractivity contribution is 7.99. The smallest absolute Gasteiger partial charge is 0.203 e. The monoisotopic (exact) mass is 213 g/mol. The molecule has 0 radical (unpaired) electrons. The second-order valence-corrected chi connectivity index (χ2v) is 4.96. The summed E-state index contributed by atoms with van der Waals surface area (Å²) in [7, 11) is 0. The number of imidazole rings is 1. The molecule has 0 saturated heterocycles. The molecule has 1 heterocycles. The average Bonchev–Trinajstić information content (AvgIpc) is 2.62. The third kappa shape index (κ3) is 2.94. The number of thioether (sulfide) groups is 1. The zero-order valence-corrected chi connectivity index (χ0v) is 10.1. The molecular weight excluding hydrogens is 194 g/mol. The largest absolute Gasteiger partial charge is 0.355 e. The Morgan fingerprint density at radius 1 is 1.50 bits per heavy atom. The van der Waals surface area contributed by atoms with Crippen LogP contribution in [0.2, 0.25) is 0 Å². The van der Waals surface area contributed by atoms with Crippen LogP contribution in [0, 0.1) is 0 Å². The molecular formula is C10H19N3S. The molecule has 0 aliphatic heterocycles. The molecule has 80 valence electrons. The summed E-state index contributed by atoms with van der Waals surface area (Å²) in [5.41, 5.74) is 0. The van der Waals surface area contributed by atoms with Gasteiger partial charge in [-0.1, -0.05) is 6.92 Å². The van der Waals surface area contributed by atoms with E-state index in [9.17, 15) is 0 Å². The fourth-order valence-electron chi connectivity index (χ4n) is 1.19. The predicted octanol–water partition coefficient (Wildman–Crippen LogP) is 2.63. The summed E-state index contributed by atoms with van der Waals surface area (Å²) in [4.78, 5) is 4.29. The first-order valence-electron chi connectivity index (χ1n) is 4.94. The standard InChI is InChI=1S/C10H19N3S/c1-8(2)13-6-5-11-10(13)12-7-9(3)14-4/h5-6,8-9H,7H2,1-4H3,(H,11,12). The molecule has 0 aliphatic rings. The zero-order chi connectivity index (χ0) is 10.6. The molecule has 0 fully saturated rings. The van der Waals surface area contributed by atoms with Crippen molar-refractivity contribution in [3.63, 3.8) is 0 Å². The van der Waals surface area contributed by atoms with Crippen LogP contribution in [0.1, 0.15) is 26.8 Å². The van der Waals surface area contributed by atoms with Crippen molar-refractivity contribution >= 4 is 17.7 Å². The van der Waals surface area contributed by atoms with E-state index >= 15 is 0 Å². The number of rotatable bonds is 5. The third-order valence-corrected chi connectivity index (χ3v) is 3.15. The van der Waals surface area contributed by atoms with Gasteiger partial charge in [-0.25, -0.2) is 4.98 Å². The SMILES string of the molecule is CSC(C)CNc1nccn1C(C)C. The Morgan fingerprint density at radius 3 is 2.79 bits per heavy atom. The molecule has 0 spiro atoms. The van der Waals surface area contributed by atoms with Crippen LogP contribution in [0.15, 0.2) is 12.4 Å². The van der Waals surface area contributed by atoms with Crippen LogP contribution in [-0.2, 0) is 0 Å². The van der Waals surface area contributed by atoms with Gasteiger partial charge in [0.05, 0.1) is 0 Å². The molecule has 0 saturated carbocycles. The Balaban J connectivity index is 2.54. The van der Waals surface area contributed by atoms with E-state index in [-0.39, 0.29) is 0 Å². The van der Waals surface area contributed by atoms with Gasteiger partial charge in [-0.15, -0.1) is 0 Å². The lowest BCUT2D eigenvalue weighted by Gasteiger charge is -2.14. The lowest BCUT2D eigenvalue weighted by Crippen LogP contribution is -2.16. The molecule has 0 aromatic carbocycles. The van der Waals surface area contributed by atoms with Gasteiger partial charge in [0.1, 0.15) is 0 Å². The number of hydrogen-bond acceptors (Lipinski definition) is 3. The summed E-state index contributed by atoms with van der Waals surface area (Å²) < 4.78 is 2.15. The molecule has 1 aromatic heterocycles. The summed E-state index contributed by atoms with van der Waals surface area (Å²) in [6, 6.07) is 0.463. The normalized spacial score (nSPS) is 13.2. The predicted molar refractivity (Wildman–Crippen MR) is 64.1 cm³/mol. The van der Waals surface area contributed by atoms with Gasteiger partial charge >= 0.3 is 0 Å². The van der Waals surface area contributed by atoms with Crippen molar-refractivity contribution < 1.29 is 0 Å². The van der Waals surface area contributed by atoms with Crippen molar-refractivity contribution in [1.82, 2.24) is 9.55 Å². The van der Waals surface area contributed by atoms with Crippen LogP contribution in [-0.4, -0.2) is 27.6 Å². The molecule has 1 rings (SSSR count). The highest BCUT2D eigenvalue weighted by Gasteiger charge is 2.06. The Kier molecular flexibility index (Phi) is 4.32. The van der Waals surface area contributed by atoms with E-state index < -0.39 is 0 Å². The second kappa shape index (κ2) is 5.29. The first-order valence-corrected chi connectivity index (χ1v) is 6.23. The van der Waals surface area contributed by atoms with Crippen LogP contribution in [0.4, 0.5) is 5.95 Å². The summed E-state index contributed by atoms with van der Waals surface area (Å²) >= 11 is 1.86. The number of anilines is 1. The van der Waals surface area contributed by atoms with E-state index in [1.165, 1.54) is 0 Å². The molecule has 4 heteroatoms. The van der Waals surface area contributed by atoms with Crippen molar-refractivity contribution in [3.8, 4) is 0 Å². The Labute approximate surface area is 90.3 Å². The van der Waals surface area contributed by atoms with E-state index in [1.54, 1.807) is 0 Å². The third-order valence-electron chi connectivity index (χ3n) is 2.18. The molecule has 1 aromatic rings. The molecule has 0 amide bonds. The molecule has 0 bridgehead atoms. The van der Waals surface area contributed by atoms with Crippen molar-refractivity contribution in [2.45, 2.75) is 32.1 Å². The molecule has 1 unspecified atom stereocenters. The lowest BCUT2D eigenvalue weighted by molar-refractivity contribution is 0.604. The van der Waals surface area contributed by atoms with Crippen LogP contribution in [0.5, 0.6) is 0 Å². The van der Waals surface area contributed by atoms with Crippen molar-refractivity contribution in [3.05, 3.63) is 12.4 Å². The van der Waals surface area contributed by atoms with E-state index in [0.29, 0.717) is 11.3 Å². The van der Waals surface area contributed by atoms with Crippen molar-refractivity contribution in [2.75, 3.05) is 18.1 Å². The van der Waals surface area contributed by atoms with E-state index in [4.69, 9.17) is 0 Å². The first kappa shape index (κ1) is 11.4. The van der Waals surface area contributed by atoms with Gasteiger partial charge in [-0.3, -0.25) is 0 Å². The van der Waals surface area contributed by atoms with Gasteiger partial charge < -0.3 is 9.88 Å². The van der Waals surface area contributed by atoms with Crippen LogP contribution < -0.4 is 5.32 Å². The molecule has 3 nitrogen and oxygen atoms in total. The summed E-state index contributed by atoms with van der Waals surface area (Å²) in [6.07, 6.45) is 5.98. The molecule has 14 heavy (non-hydrogen) atoms. The van der Waals surface area contributed by atoms with Gasteiger partial charge in [-0.05, 0) is 20.1 Å². The van der Waals surface area contributed by atoms with Crippen molar-refractivity contribution in [2.24, 2.45) is 0 Å². The maximum atomic E-state index is 4.29. The minimum absolute atomic E-state index is 0.463. The Morgan fingerprint density at radius 2 is 2.21 bits per heavy atom. The topological polar surface area (TPSA) is 29.9 Å². The summed E-state index contributed by atoms with van der Waals surface area (Å²) in [5, 5.41) is 3.97. The lowest BCUT2D eigenvalue weighted by atomic mass is 10.4. The van der Waals surface area contributed by atoms with Gasteiger partial charge in [0, 0.05) is 30.2 Å². The van der Waals surface area contributed by atoms with Crippen LogP contribution in [0.25, 0.3) is 0 Å². The Bertz CT molecular complexity index is 270. The van der Waals surface area contributed by atoms with Crippen molar-refractivity contribution in [1.29, 1.82) is 0 Å². The summed E-state index contributed by atoms with van der Waals surface area (Å²) in [6.45, 7) is 7.49. The van der Waals surface area contributed by atoms with E-state index in [1.807, 2.05) is 24.2 Å². The van der Waals surface area contributed by atoms with Crippen LogP contribution >= 0.6 is 11.8 Å². The minimum Gasteiger partial charge on any atom is -0.355 e. The first-order chi connectivity index (χ1) is 6.65. The molecule has 1 atom stereocenters.